The van der Waals surface area contributed by atoms with Crippen molar-refractivity contribution in [2.75, 3.05) is 7.05 Å². The van der Waals surface area contributed by atoms with E-state index in [4.69, 9.17) is 18.0 Å². The van der Waals surface area contributed by atoms with Gasteiger partial charge in [0.2, 0.25) is 0 Å². The SMILES string of the molecule is Cc1cccc(CN(C)S(=O)(=O)c2ccc(C(N)=S)s2)n1. The van der Waals surface area contributed by atoms with E-state index in [9.17, 15) is 8.42 Å². The highest BCUT2D eigenvalue weighted by Gasteiger charge is 2.23. The first-order valence-electron chi connectivity index (χ1n) is 6.09. The predicted octanol–water partition coefficient (Wildman–Crippen LogP) is 1.91. The number of hydrogen-bond acceptors (Lipinski definition) is 5. The molecule has 0 atom stereocenters. The second-order valence-electron chi connectivity index (χ2n) is 4.51. The van der Waals surface area contributed by atoms with E-state index in [-0.39, 0.29) is 15.7 Å². The molecule has 112 valence electrons. The van der Waals surface area contributed by atoms with E-state index in [1.54, 1.807) is 12.1 Å². The maximum absolute atomic E-state index is 12.5. The number of aromatic nitrogens is 1. The summed E-state index contributed by atoms with van der Waals surface area (Å²) in [5.41, 5.74) is 7.06. The number of sulfonamides is 1. The lowest BCUT2D eigenvalue weighted by molar-refractivity contribution is 0.463. The molecule has 0 aliphatic heterocycles. The molecule has 0 bridgehead atoms. The maximum Gasteiger partial charge on any atom is 0.252 e. The van der Waals surface area contributed by atoms with Crippen molar-refractivity contribution in [1.82, 2.24) is 9.29 Å². The first kappa shape index (κ1) is 16.0. The molecular formula is C13H15N3O2S3. The number of pyridine rings is 1. The molecule has 0 saturated heterocycles. The zero-order chi connectivity index (χ0) is 15.6. The first-order valence-corrected chi connectivity index (χ1v) is 8.75. The molecule has 0 unspecified atom stereocenters. The van der Waals surface area contributed by atoms with Crippen LogP contribution in [0.3, 0.4) is 0 Å². The van der Waals surface area contributed by atoms with Crippen LogP contribution in [0.4, 0.5) is 0 Å². The van der Waals surface area contributed by atoms with E-state index < -0.39 is 10.0 Å². The average Bonchev–Trinajstić information content (AvgIpc) is 2.89. The third-order valence-corrected chi connectivity index (χ3v) is 6.56. The van der Waals surface area contributed by atoms with Gasteiger partial charge in [-0.3, -0.25) is 4.98 Å². The fourth-order valence-corrected chi connectivity index (χ4v) is 4.45. The lowest BCUT2D eigenvalue weighted by Gasteiger charge is -2.15. The van der Waals surface area contributed by atoms with Gasteiger partial charge in [-0.1, -0.05) is 18.3 Å². The number of thiocarbonyl (C=S) groups is 1. The predicted molar refractivity (Wildman–Crippen MR) is 87.8 cm³/mol. The lowest BCUT2D eigenvalue weighted by Crippen LogP contribution is -2.26. The Morgan fingerprint density at radius 2 is 2.10 bits per heavy atom. The highest BCUT2D eigenvalue weighted by atomic mass is 32.2. The summed E-state index contributed by atoms with van der Waals surface area (Å²) in [6.07, 6.45) is 0. The summed E-state index contributed by atoms with van der Waals surface area (Å²) in [7, 11) is -2.04. The summed E-state index contributed by atoms with van der Waals surface area (Å²) < 4.78 is 26.5. The topological polar surface area (TPSA) is 76.3 Å². The van der Waals surface area contributed by atoms with Gasteiger partial charge in [-0.15, -0.1) is 11.3 Å². The first-order chi connectivity index (χ1) is 9.80. The van der Waals surface area contributed by atoms with E-state index in [0.29, 0.717) is 10.6 Å². The third-order valence-electron chi connectivity index (χ3n) is 2.82. The average molecular weight is 341 g/mol. The molecule has 0 aliphatic carbocycles. The van der Waals surface area contributed by atoms with Gasteiger partial charge in [-0.2, -0.15) is 4.31 Å². The summed E-state index contributed by atoms with van der Waals surface area (Å²) in [4.78, 5) is 5.10. The summed E-state index contributed by atoms with van der Waals surface area (Å²) >= 11 is 5.93. The lowest BCUT2D eigenvalue weighted by atomic mass is 10.3. The molecule has 2 aromatic rings. The molecule has 0 radical (unpaired) electrons. The Balaban J connectivity index is 2.23. The van der Waals surface area contributed by atoms with Crippen LogP contribution < -0.4 is 5.73 Å². The van der Waals surface area contributed by atoms with E-state index in [1.165, 1.54) is 17.4 Å². The quantitative estimate of drug-likeness (QED) is 0.841. The van der Waals surface area contributed by atoms with Crippen LogP contribution in [0, 0.1) is 6.92 Å². The van der Waals surface area contributed by atoms with Crippen molar-refractivity contribution in [3.8, 4) is 0 Å². The van der Waals surface area contributed by atoms with Crippen molar-refractivity contribution in [2.45, 2.75) is 17.7 Å². The fraction of sp³-hybridized carbons (Fsp3) is 0.231. The molecule has 0 fully saturated rings. The van der Waals surface area contributed by atoms with Crippen LogP contribution in [-0.4, -0.2) is 29.7 Å². The smallest absolute Gasteiger partial charge is 0.252 e. The van der Waals surface area contributed by atoms with Crippen LogP contribution in [0.5, 0.6) is 0 Å². The van der Waals surface area contributed by atoms with Crippen molar-refractivity contribution in [2.24, 2.45) is 5.73 Å². The number of nitrogens with two attached hydrogens (primary N) is 1. The van der Waals surface area contributed by atoms with Crippen molar-refractivity contribution >= 4 is 38.6 Å². The van der Waals surface area contributed by atoms with Gasteiger partial charge in [0.15, 0.2) is 0 Å². The van der Waals surface area contributed by atoms with E-state index in [2.05, 4.69) is 4.98 Å². The summed E-state index contributed by atoms with van der Waals surface area (Å²) in [5, 5.41) is 0. The molecule has 2 rings (SSSR count). The number of thiophene rings is 1. The van der Waals surface area contributed by atoms with Gasteiger partial charge in [0.05, 0.1) is 17.1 Å². The van der Waals surface area contributed by atoms with Crippen LogP contribution in [-0.2, 0) is 16.6 Å². The van der Waals surface area contributed by atoms with Crippen LogP contribution in [0.15, 0.2) is 34.5 Å². The maximum atomic E-state index is 12.5. The number of hydrogen-bond donors (Lipinski definition) is 1. The Labute approximate surface area is 133 Å². The highest BCUT2D eigenvalue weighted by Crippen LogP contribution is 2.25. The Morgan fingerprint density at radius 1 is 1.38 bits per heavy atom. The van der Waals surface area contributed by atoms with Crippen LogP contribution in [0.2, 0.25) is 0 Å². The molecule has 21 heavy (non-hydrogen) atoms. The van der Waals surface area contributed by atoms with Crippen molar-refractivity contribution < 1.29 is 8.42 Å². The fourth-order valence-electron chi connectivity index (χ4n) is 1.75. The molecule has 0 saturated carbocycles. The van der Waals surface area contributed by atoms with Gasteiger partial charge >= 0.3 is 0 Å². The van der Waals surface area contributed by atoms with Crippen molar-refractivity contribution in [3.63, 3.8) is 0 Å². The number of aryl methyl sites for hydroxylation is 1. The molecule has 0 aliphatic rings. The number of rotatable bonds is 5. The molecular weight excluding hydrogens is 326 g/mol. The van der Waals surface area contributed by atoms with Crippen molar-refractivity contribution in [1.29, 1.82) is 0 Å². The summed E-state index contributed by atoms with van der Waals surface area (Å²) in [5.74, 6) is 0. The Hall–Kier alpha value is -1.35. The molecule has 2 heterocycles. The molecule has 0 aromatic carbocycles. The van der Waals surface area contributed by atoms with Gasteiger partial charge in [0, 0.05) is 12.7 Å². The monoisotopic (exact) mass is 341 g/mol. The van der Waals surface area contributed by atoms with Gasteiger partial charge in [0.1, 0.15) is 9.20 Å². The van der Waals surface area contributed by atoms with Crippen molar-refractivity contribution in [3.05, 3.63) is 46.6 Å². The molecule has 5 nitrogen and oxygen atoms in total. The molecule has 2 N–H and O–H groups in total. The van der Waals surface area contributed by atoms with Gasteiger partial charge < -0.3 is 5.73 Å². The zero-order valence-corrected chi connectivity index (χ0v) is 14.1. The molecule has 0 spiro atoms. The van der Waals surface area contributed by atoms with E-state index in [1.807, 2.05) is 19.1 Å². The minimum atomic E-state index is -3.57. The largest absolute Gasteiger partial charge is 0.389 e. The van der Waals surface area contributed by atoms with E-state index in [0.717, 1.165) is 17.0 Å². The Morgan fingerprint density at radius 3 is 2.67 bits per heavy atom. The van der Waals surface area contributed by atoms with E-state index >= 15 is 0 Å². The second-order valence-corrected chi connectivity index (χ2v) is 8.31. The Bertz CT molecular complexity index is 768. The molecule has 0 amide bonds. The van der Waals surface area contributed by atoms with Gasteiger partial charge in [-0.25, -0.2) is 8.42 Å². The number of nitrogens with zero attached hydrogens (tertiary/aromatic N) is 2. The standard InChI is InChI=1S/C13H15N3O2S3/c1-9-4-3-5-10(15-9)8-16(2)21(17,18)12-7-6-11(20-12)13(14)19/h3-7H,8H2,1-2H3,(H2,14,19). The molecule has 8 heteroatoms. The van der Waals surface area contributed by atoms with Crippen LogP contribution in [0.1, 0.15) is 16.3 Å². The Kier molecular flexibility index (Phi) is 4.72. The second kappa shape index (κ2) is 6.18. The van der Waals surface area contributed by atoms with Crippen LogP contribution in [0.25, 0.3) is 0 Å². The minimum absolute atomic E-state index is 0.199. The normalized spacial score (nSPS) is 11.8. The minimum Gasteiger partial charge on any atom is -0.389 e. The third kappa shape index (κ3) is 3.65. The molecule has 2 aromatic heterocycles. The zero-order valence-electron chi connectivity index (χ0n) is 11.6. The van der Waals surface area contributed by atoms with Gasteiger partial charge in [-0.05, 0) is 31.2 Å². The summed E-state index contributed by atoms with van der Waals surface area (Å²) in [6.45, 7) is 2.08. The van der Waals surface area contributed by atoms with Gasteiger partial charge in [0.25, 0.3) is 10.0 Å². The van der Waals surface area contributed by atoms with Crippen LogP contribution >= 0.6 is 23.6 Å². The summed E-state index contributed by atoms with van der Waals surface area (Å²) in [6, 6.07) is 8.67. The highest BCUT2D eigenvalue weighted by molar-refractivity contribution is 7.91.